The Bertz CT molecular complexity index is 2470. The average Bonchev–Trinajstić information content (AvgIpc) is 3.10. The van der Waals surface area contributed by atoms with E-state index < -0.39 is 0 Å². The predicted octanol–water partition coefficient (Wildman–Crippen LogP) is 11.2. The lowest BCUT2D eigenvalue weighted by Crippen LogP contribution is -1.93. The van der Waals surface area contributed by atoms with Crippen molar-refractivity contribution in [3.8, 4) is 33.6 Å². The maximum atomic E-state index is 5.14. The van der Waals surface area contributed by atoms with Gasteiger partial charge in [0.15, 0.2) is 0 Å². The van der Waals surface area contributed by atoms with E-state index in [-0.39, 0.29) is 0 Å². The number of rotatable bonds is 3. The molecule has 0 saturated heterocycles. The molecule has 9 aromatic rings. The summed E-state index contributed by atoms with van der Waals surface area (Å²) < 4.78 is 0. The van der Waals surface area contributed by atoms with Crippen LogP contribution in [0.4, 0.5) is 0 Å². The molecular formula is C42H26N2. The van der Waals surface area contributed by atoms with Crippen LogP contribution in [0.5, 0.6) is 0 Å². The van der Waals surface area contributed by atoms with Gasteiger partial charge in [0.1, 0.15) is 0 Å². The van der Waals surface area contributed by atoms with Gasteiger partial charge in [-0.15, -0.1) is 0 Å². The van der Waals surface area contributed by atoms with Crippen LogP contribution in [0.1, 0.15) is 0 Å². The molecule has 44 heavy (non-hydrogen) atoms. The van der Waals surface area contributed by atoms with Crippen molar-refractivity contribution < 1.29 is 0 Å². The molecule has 0 aliphatic carbocycles. The van der Waals surface area contributed by atoms with Crippen molar-refractivity contribution in [1.29, 1.82) is 0 Å². The van der Waals surface area contributed by atoms with Gasteiger partial charge in [-0.2, -0.15) is 0 Å². The summed E-state index contributed by atoms with van der Waals surface area (Å²) >= 11 is 0. The zero-order valence-electron chi connectivity index (χ0n) is 23.9. The highest BCUT2D eigenvalue weighted by molar-refractivity contribution is 6.22. The van der Waals surface area contributed by atoms with Gasteiger partial charge in [-0.1, -0.05) is 121 Å². The van der Waals surface area contributed by atoms with E-state index in [1.807, 2.05) is 18.5 Å². The lowest BCUT2D eigenvalue weighted by atomic mass is 9.87. The predicted molar refractivity (Wildman–Crippen MR) is 186 cm³/mol. The third-order valence-electron chi connectivity index (χ3n) is 8.95. The van der Waals surface area contributed by atoms with E-state index >= 15 is 0 Å². The summed E-state index contributed by atoms with van der Waals surface area (Å²) in [5, 5.41) is 12.3. The third-order valence-corrected chi connectivity index (χ3v) is 8.95. The van der Waals surface area contributed by atoms with Gasteiger partial charge in [0, 0.05) is 29.1 Å². The normalized spacial score (nSPS) is 11.6. The SMILES string of the molecule is c1ccc(-c2c3ccccc3c(-c3ccc(-c4cc5c6ccccc6ccc5c5ccccc45)nc3)c3ccccc23)nc1. The van der Waals surface area contributed by atoms with E-state index in [0.717, 1.165) is 22.5 Å². The summed E-state index contributed by atoms with van der Waals surface area (Å²) in [6, 6.07) is 52.0. The summed E-state index contributed by atoms with van der Waals surface area (Å²) in [4.78, 5) is 9.89. The number of hydrogen-bond donors (Lipinski definition) is 0. The van der Waals surface area contributed by atoms with E-state index in [1.165, 1.54) is 65.0 Å². The Labute approximate surface area is 254 Å². The first-order valence-electron chi connectivity index (χ1n) is 15.0. The number of hydrogen-bond acceptors (Lipinski definition) is 2. The molecule has 204 valence electrons. The van der Waals surface area contributed by atoms with Crippen molar-refractivity contribution in [2.24, 2.45) is 0 Å². The van der Waals surface area contributed by atoms with Gasteiger partial charge in [-0.3, -0.25) is 9.97 Å². The molecule has 0 unspecified atom stereocenters. The first-order chi connectivity index (χ1) is 21.8. The van der Waals surface area contributed by atoms with Crippen LogP contribution in [-0.2, 0) is 0 Å². The van der Waals surface area contributed by atoms with E-state index in [2.05, 4.69) is 140 Å². The van der Waals surface area contributed by atoms with Crippen LogP contribution in [0, 0.1) is 0 Å². The first-order valence-corrected chi connectivity index (χ1v) is 15.0. The maximum absolute atomic E-state index is 5.14. The van der Waals surface area contributed by atoms with Crippen molar-refractivity contribution >= 4 is 53.9 Å². The fourth-order valence-electron chi connectivity index (χ4n) is 7.00. The number of nitrogens with zero attached hydrogens (tertiary/aromatic N) is 2. The molecule has 0 amide bonds. The van der Waals surface area contributed by atoms with Gasteiger partial charge in [0.2, 0.25) is 0 Å². The minimum absolute atomic E-state index is 0.971. The Kier molecular flexibility index (Phi) is 5.54. The zero-order chi connectivity index (χ0) is 29.0. The fraction of sp³-hybridized carbons (Fsp3) is 0. The molecule has 0 N–H and O–H groups in total. The maximum Gasteiger partial charge on any atom is 0.0714 e. The molecule has 0 spiro atoms. The molecule has 0 aliphatic rings. The van der Waals surface area contributed by atoms with Crippen LogP contribution < -0.4 is 0 Å². The fourth-order valence-corrected chi connectivity index (χ4v) is 7.00. The second-order valence-corrected chi connectivity index (χ2v) is 11.3. The quantitative estimate of drug-likeness (QED) is 0.159. The molecule has 0 bridgehead atoms. The van der Waals surface area contributed by atoms with Gasteiger partial charge in [-0.05, 0) is 83.7 Å². The van der Waals surface area contributed by atoms with Crippen molar-refractivity contribution in [1.82, 2.24) is 9.97 Å². The summed E-state index contributed by atoms with van der Waals surface area (Å²) in [6.45, 7) is 0. The monoisotopic (exact) mass is 558 g/mol. The van der Waals surface area contributed by atoms with Crippen molar-refractivity contribution in [3.05, 3.63) is 158 Å². The largest absolute Gasteiger partial charge is 0.256 e. The van der Waals surface area contributed by atoms with Gasteiger partial charge in [0.25, 0.3) is 0 Å². The highest BCUT2D eigenvalue weighted by Gasteiger charge is 2.18. The lowest BCUT2D eigenvalue weighted by Gasteiger charge is -2.17. The molecule has 2 nitrogen and oxygen atoms in total. The second kappa shape index (κ2) is 9.86. The Hall–Kier alpha value is -5.86. The molecular weight excluding hydrogens is 532 g/mol. The second-order valence-electron chi connectivity index (χ2n) is 11.3. The average molecular weight is 559 g/mol. The van der Waals surface area contributed by atoms with Gasteiger partial charge < -0.3 is 0 Å². The number of fused-ring (bicyclic) bond motifs is 7. The van der Waals surface area contributed by atoms with Crippen molar-refractivity contribution in [2.45, 2.75) is 0 Å². The van der Waals surface area contributed by atoms with Gasteiger partial charge >= 0.3 is 0 Å². The molecule has 7 aromatic carbocycles. The van der Waals surface area contributed by atoms with Crippen LogP contribution in [0.25, 0.3) is 87.5 Å². The molecule has 2 heterocycles. The van der Waals surface area contributed by atoms with Gasteiger partial charge in [0.05, 0.1) is 11.4 Å². The number of pyridine rings is 2. The lowest BCUT2D eigenvalue weighted by molar-refractivity contribution is 1.33. The summed E-state index contributed by atoms with van der Waals surface area (Å²) in [5.41, 5.74) is 6.57. The summed E-state index contributed by atoms with van der Waals surface area (Å²) in [7, 11) is 0. The molecule has 0 atom stereocenters. The highest BCUT2D eigenvalue weighted by Crippen LogP contribution is 2.43. The van der Waals surface area contributed by atoms with E-state index in [1.54, 1.807) is 0 Å². The molecule has 0 radical (unpaired) electrons. The minimum Gasteiger partial charge on any atom is -0.256 e. The molecule has 0 fully saturated rings. The third kappa shape index (κ3) is 3.75. The standard InChI is InChI=1S/C42H26N2/c1-2-12-29-27(11-1)20-22-32-30-13-3-4-14-31(30)38(25-37(29)32)39-23-21-28(26-44-39)41-33-15-5-7-17-35(33)42(40-19-9-10-24-43-40)36-18-8-6-16-34(36)41/h1-26H. The highest BCUT2D eigenvalue weighted by atomic mass is 14.7. The van der Waals surface area contributed by atoms with E-state index in [4.69, 9.17) is 9.97 Å². The Morgan fingerprint density at radius 1 is 0.341 bits per heavy atom. The molecule has 0 aliphatic heterocycles. The van der Waals surface area contributed by atoms with Crippen LogP contribution in [0.2, 0.25) is 0 Å². The molecule has 0 saturated carbocycles. The van der Waals surface area contributed by atoms with Crippen LogP contribution in [0.15, 0.2) is 158 Å². The van der Waals surface area contributed by atoms with Gasteiger partial charge in [-0.25, -0.2) is 0 Å². The van der Waals surface area contributed by atoms with Crippen LogP contribution in [-0.4, -0.2) is 9.97 Å². The zero-order valence-corrected chi connectivity index (χ0v) is 23.9. The molecule has 2 aromatic heterocycles. The minimum atomic E-state index is 0.971. The molecule has 9 rings (SSSR count). The topological polar surface area (TPSA) is 25.8 Å². The first kappa shape index (κ1) is 24.7. The summed E-state index contributed by atoms with van der Waals surface area (Å²) in [5.74, 6) is 0. The Balaban J connectivity index is 1.28. The Morgan fingerprint density at radius 2 is 0.932 bits per heavy atom. The Morgan fingerprint density at radius 3 is 1.59 bits per heavy atom. The van der Waals surface area contributed by atoms with Crippen LogP contribution >= 0.6 is 0 Å². The van der Waals surface area contributed by atoms with E-state index in [0.29, 0.717) is 0 Å². The van der Waals surface area contributed by atoms with Crippen LogP contribution in [0.3, 0.4) is 0 Å². The number of benzene rings is 7. The molecule has 2 heteroatoms. The number of aromatic nitrogens is 2. The van der Waals surface area contributed by atoms with Crippen molar-refractivity contribution in [2.75, 3.05) is 0 Å². The summed E-state index contributed by atoms with van der Waals surface area (Å²) in [6.07, 6.45) is 3.92. The van der Waals surface area contributed by atoms with Crippen molar-refractivity contribution in [3.63, 3.8) is 0 Å². The van der Waals surface area contributed by atoms with E-state index in [9.17, 15) is 0 Å². The smallest absolute Gasteiger partial charge is 0.0714 e.